The number of nitrogens with zero attached hydrogens (tertiary/aromatic N) is 1. The summed E-state index contributed by atoms with van der Waals surface area (Å²) in [6, 6.07) is 3.72. The second-order valence-corrected chi connectivity index (χ2v) is 7.95. The second-order valence-electron chi connectivity index (χ2n) is 5.23. The highest BCUT2D eigenvalue weighted by Crippen LogP contribution is 2.31. The van der Waals surface area contributed by atoms with E-state index < -0.39 is 15.8 Å². The number of rotatable bonds is 5. The summed E-state index contributed by atoms with van der Waals surface area (Å²) >= 11 is 3.16. The standard InChI is InChI=1S/C14H20BrFN2O2S/c1-17-8-7-12-4-2-3-9-18(12)21(19,20)14-6-5-11(16)10-13(14)15/h5-6,10,12,17H,2-4,7-9H2,1H3. The van der Waals surface area contributed by atoms with Crippen molar-refractivity contribution in [3.63, 3.8) is 0 Å². The maximum absolute atomic E-state index is 13.2. The van der Waals surface area contributed by atoms with E-state index in [0.29, 0.717) is 6.54 Å². The van der Waals surface area contributed by atoms with Crippen molar-refractivity contribution in [1.82, 2.24) is 9.62 Å². The van der Waals surface area contributed by atoms with Gasteiger partial charge in [0, 0.05) is 17.1 Å². The molecule has 1 aliphatic rings. The van der Waals surface area contributed by atoms with Crippen LogP contribution >= 0.6 is 15.9 Å². The molecule has 21 heavy (non-hydrogen) atoms. The van der Waals surface area contributed by atoms with Crippen molar-refractivity contribution in [1.29, 1.82) is 0 Å². The number of halogens is 2. The second kappa shape index (κ2) is 7.17. The lowest BCUT2D eigenvalue weighted by Gasteiger charge is -2.35. The van der Waals surface area contributed by atoms with Crippen LogP contribution in [0, 0.1) is 5.82 Å². The highest BCUT2D eigenvalue weighted by atomic mass is 79.9. The third-order valence-electron chi connectivity index (χ3n) is 3.78. The van der Waals surface area contributed by atoms with Crippen LogP contribution in [0.4, 0.5) is 4.39 Å². The highest BCUT2D eigenvalue weighted by molar-refractivity contribution is 9.10. The number of sulfonamides is 1. The molecule has 0 spiro atoms. The van der Waals surface area contributed by atoms with E-state index in [4.69, 9.17) is 0 Å². The predicted molar refractivity (Wildman–Crippen MR) is 84.2 cm³/mol. The summed E-state index contributed by atoms with van der Waals surface area (Å²) in [5.41, 5.74) is 0. The fourth-order valence-corrected chi connectivity index (χ4v) is 5.44. The number of benzene rings is 1. The molecule has 1 aromatic carbocycles. The van der Waals surface area contributed by atoms with Gasteiger partial charge in [-0.1, -0.05) is 6.42 Å². The Morgan fingerprint density at radius 1 is 1.43 bits per heavy atom. The van der Waals surface area contributed by atoms with Gasteiger partial charge in [0.2, 0.25) is 10.0 Å². The molecule has 1 fully saturated rings. The van der Waals surface area contributed by atoms with Crippen LogP contribution in [0.25, 0.3) is 0 Å². The minimum Gasteiger partial charge on any atom is -0.320 e. The molecule has 0 aliphatic carbocycles. The molecule has 1 unspecified atom stereocenters. The van der Waals surface area contributed by atoms with Crippen molar-refractivity contribution in [2.45, 2.75) is 36.6 Å². The van der Waals surface area contributed by atoms with Crippen LogP contribution in [0.15, 0.2) is 27.6 Å². The summed E-state index contributed by atoms with van der Waals surface area (Å²) in [6.07, 6.45) is 3.58. The Bertz CT molecular complexity index is 595. The van der Waals surface area contributed by atoms with Gasteiger partial charge in [-0.3, -0.25) is 0 Å². The molecule has 4 nitrogen and oxygen atoms in total. The lowest BCUT2D eigenvalue weighted by atomic mass is 10.0. The summed E-state index contributed by atoms with van der Waals surface area (Å²) in [5, 5.41) is 3.07. The van der Waals surface area contributed by atoms with Gasteiger partial charge in [-0.15, -0.1) is 0 Å². The van der Waals surface area contributed by atoms with E-state index in [1.165, 1.54) is 18.2 Å². The molecule has 118 valence electrons. The fraction of sp³-hybridized carbons (Fsp3) is 0.571. The molecule has 1 saturated heterocycles. The maximum atomic E-state index is 13.2. The summed E-state index contributed by atoms with van der Waals surface area (Å²) < 4.78 is 40.7. The molecule has 0 bridgehead atoms. The van der Waals surface area contributed by atoms with E-state index in [2.05, 4.69) is 21.2 Å². The van der Waals surface area contributed by atoms with Crippen LogP contribution in [0.5, 0.6) is 0 Å². The molecule has 1 aromatic rings. The molecule has 7 heteroatoms. The molecule has 0 aromatic heterocycles. The molecule has 1 N–H and O–H groups in total. The average molecular weight is 379 g/mol. The molecular formula is C14H20BrFN2O2S. The zero-order chi connectivity index (χ0) is 15.5. The van der Waals surface area contributed by atoms with Gasteiger partial charge in [-0.05, 0) is 67.0 Å². The van der Waals surface area contributed by atoms with Crippen molar-refractivity contribution in [2.24, 2.45) is 0 Å². The Kier molecular flexibility index (Phi) is 5.76. The molecule has 1 aliphatic heterocycles. The van der Waals surface area contributed by atoms with Crippen molar-refractivity contribution < 1.29 is 12.8 Å². The largest absolute Gasteiger partial charge is 0.320 e. The topological polar surface area (TPSA) is 49.4 Å². The Labute approximate surface area is 133 Å². The molecule has 1 heterocycles. The average Bonchev–Trinajstić information content (AvgIpc) is 2.45. The van der Waals surface area contributed by atoms with Crippen molar-refractivity contribution >= 4 is 26.0 Å². The van der Waals surface area contributed by atoms with Crippen LogP contribution in [0.2, 0.25) is 0 Å². The van der Waals surface area contributed by atoms with Gasteiger partial charge in [0.25, 0.3) is 0 Å². The van der Waals surface area contributed by atoms with E-state index in [0.717, 1.165) is 32.2 Å². The normalized spacial score (nSPS) is 20.6. The third kappa shape index (κ3) is 3.83. The predicted octanol–water partition coefficient (Wildman–Crippen LogP) is 2.74. The highest BCUT2D eigenvalue weighted by Gasteiger charge is 2.34. The van der Waals surface area contributed by atoms with E-state index in [1.807, 2.05) is 7.05 Å². The van der Waals surface area contributed by atoms with E-state index in [9.17, 15) is 12.8 Å². The smallest absolute Gasteiger partial charge is 0.244 e. The summed E-state index contributed by atoms with van der Waals surface area (Å²) in [7, 11) is -1.74. The van der Waals surface area contributed by atoms with Gasteiger partial charge in [0.05, 0.1) is 4.90 Å². The van der Waals surface area contributed by atoms with E-state index in [1.54, 1.807) is 4.31 Å². The van der Waals surface area contributed by atoms with Gasteiger partial charge in [-0.2, -0.15) is 4.31 Å². The lowest BCUT2D eigenvalue weighted by molar-refractivity contribution is 0.240. The van der Waals surface area contributed by atoms with E-state index in [-0.39, 0.29) is 15.4 Å². The van der Waals surface area contributed by atoms with Crippen molar-refractivity contribution in [2.75, 3.05) is 20.1 Å². The van der Waals surface area contributed by atoms with Crippen LogP contribution < -0.4 is 5.32 Å². The molecule has 0 saturated carbocycles. The van der Waals surface area contributed by atoms with Gasteiger partial charge >= 0.3 is 0 Å². The minimum atomic E-state index is -3.60. The fourth-order valence-electron chi connectivity index (χ4n) is 2.70. The number of hydrogen-bond donors (Lipinski definition) is 1. The van der Waals surface area contributed by atoms with Crippen LogP contribution in [0.3, 0.4) is 0 Å². The Morgan fingerprint density at radius 3 is 2.86 bits per heavy atom. The zero-order valence-corrected chi connectivity index (χ0v) is 14.4. The quantitative estimate of drug-likeness (QED) is 0.856. The lowest BCUT2D eigenvalue weighted by Crippen LogP contribution is -2.44. The molecule has 1 atom stereocenters. The van der Waals surface area contributed by atoms with Crippen LogP contribution in [-0.4, -0.2) is 38.9 Å². The first-order valence-electron chi connectivity index (χ1n) is 7.08. The first-order chi connectivity index (χ1) is 9.96. The Hall–Kier alpha value is -0.500. The summed E-state index contributed by atoms with van der Waals surface area (Å²) in [4.78, 5) is 0.139. The molecular weight excluding hydrogens is 359 g/mol. The SMILES string of the molecule is CNCCC1CCCCN1S(=O)(=O)c1ccc(F)cc1Br. The van der Waals surface area contributed by atoms with Gasteiger partial charge < -0.3 is 5.32 Å². The first kappa shape index (κ1) is 16.9. The summed E-state index contributed by atoms with van der Waals surface area (Å²) in [5.74, 6) is -0.453. The van der Waals surface area contributed by atoms with Gasteiger partial charge in [0.1, 0.15) is 5.82 Å². The first-order valence-corrected chi connectivity index (χ1v) is 9.31. The maximum Gasteiger partial charge on any atom is 0.244 e. The van der Waals surface area contributed by atoms with Crippen molar-refractivity contribution in [3.8, 4) is 0 Å². The number of hydrogen-bond acceptors (Lipinski definition) is 3. The Balaban J connectivity index is 2.31. The molecule has 0 amide bonds. The molecule has 0 radical (unpaired) electrons. The van der Waals surface area contributed by atoms with Gasteiger partial charge in [-0.25, -0.2) is 12.8 Å². The third-order valence-corrected chi connectivity index (χ3v) is 6.71. The monoisotopic (exact) mass is 378 g/mol. The minimum absolute atomic E-state index is 0.00755. The zero-order valence-electron chi connectivity index (χ0n) is 12.0. The van der Waals surface area contributed by atoms with Gasteiger partial charge in [0.15, 0.2) is 0 Å². The van der Waals surface area contributed by atoms with E-state index >= 15 is 0 Å². The number of nitrogens with one attached hydrogen (secondary N) is 1. The van der Waals surface area contributed by atoms with Crippen molar-refractivity contribution in [3.05, 3.63) is 28.5 Å². The van der Waals surface area contributed by atoms with Crippen LogP contribution in [-0.2, 0) is 10.0 Å². The summed E-state index contributed by atoms with van der Waals surface area (Å²) in [6.45, 7) is 1.31. The molecule has 2 rings (SSSR count). The Morgan fingerprint density at radius 2 is 2.19 bits per heavy atom. The number of piperidine rings is 1. The van der Waals surface area contributed by atoms with Crippen LogP contribution in [0.1, 0.15) is 25.7 Å².